The average molecular weight is 214 g/mol. The van der Waals surface area contributed by atoms with Gasteiger partial charge < -0.3 is 5.11 Å². The molecule has 1 aromatic carbocycles. The quantitative estimate of drug-likeness (QED) is 0.832. The Hall–Kier alpha value is -0.570. The molecule has 0 aromatic heterocycles. The van der Waals surface area contributed by atoms with E-state index in [0.717, 1.165) is 5.56 Å². The van der Waals surface area contributed by atoms with E-state index in [1.807, 2.05) is 50.2 Å². The summed E-state index contributed by atoms with van der Waals surface area (Å²) in [6, 6.07) is 7.60. The smallest absolute Gasteiger partial charge is 0.0675 e. The summed E-state index contributed by atoms with van der Waals surface area (Å²) in [5.74, 6) is 0. The van der Waals surface area contributed by atoms with Gasteiger partial charge in [-0.2, -0.15) is 0 Å². The molecule has 14 heavy (non-hydrogen) atoms. The number of likely N-dealkylation sites (N-methyl/N-ethyl adjacent to an activating group) is 1. The van der Waals surface area contributed by atoms with Gasteiger partial charge in [-0.3, -0.25) is 4.90 Å². The summed E-state index contributed by atoms with van der Waals surface area (Å²) in [6.07, 6.45) is 0. The molecule has 0 aliphatic carbocycles. The monoisotopic (exact) mass is 213 g/mol. The van der Waals surface area contributed by atoms with Crippen LogP contribution in [-0.2, 0) is 5.54 Å². The highest BCUT2D eigenvalue weighted by molar-refractivity contribution is 6.31. The largest absolute Gasteiger partial charge is 0.394 e. The minimum Gasteiger partial charge on any atom is -0.394 e. The lowest BCUT2D eigenvalue weighted by Crippen LogP contribution is -2.42. The van der Waals surface area contributed by atoms with Crippen LogP contribution in [-0.4, -0.2) is 30.7 Å². The number of benzene rings is 1. The van der Waals surface area contributed by atoms with Gasteiger partial charge in [-0.1, -0.05) is 29.8 Å². The fourth-order valence-corrected chi connectivity index (χ4v) is 1.70. The summed E-state index contributed by atoms with van der Waals surface area (Å²) in [5.41, 5.74) is 0.535. The highest BCUT2D eigenvalue weighted by atomic mass is 35.5. The minimum absolute atomic E-state index is 0.0454. The van der Waals surface area contributed by atoms with E-state index in [2.05, 4.69) is 0 Å². The normalized spacial score (nSPS) is 15.6. The van der Waals surface area contributed by atoms with Gasteiger partial charge >= 0.3 is 0 Å². The second kappa shape index (κ2) is 4.30. The Morgan fingerprint density at radius 3 is 2.36 bits per heavy atom. The molecule has 3 heteroatoms. The molecule has 0 fully saturated rings. The first kappa shape index (κ1) is 11.5. The Morgan fingerprint density at radius 1 is 1.36 bits per heavy atom. The molecule has 1 rings (SSSR count). The van der Waals surface area contributed by atoms with E-state index in [-0.39, 0.29) is 6.61 Å². The summed E-state index contributed by atoms with van der Waals surface area (Å²) in [4.78, 5) is 1.97. The van der Waals surface area contributed by atoms with E-state index >= 15 is 0 Å². The van der Waals surface area contributed by atoms with Crippen molar-refractivity contribution in [3.05, 3.63) is 34.9 Å². The van der Waals surface area contributed by atoms with Crippen molar-refractivity contribution >= 4 is 11.6 Å². The molecule has 0 amide bonds. The van der Waals surface area contributed by atoms with Crippen molar-refractivity contribution in [2.24, 2.45) is 0 Å². The highest BCUT2D eigenvalue weighted by Gasteiger charge is 2.29. The molecule has 1 aromatic rings. The lowest BCUT2D eigenvalue weighted by atomic mass is 9.92. The lowest BCUT2D eigenvalue weighted by Gasteiger charge is -2.35. The highest BCUT2D eigenvalue weighted by Crippen LogP contribution is 2.31. The molecular weight excluding hydrogens is 198 g/mol. The fraction of sp³-hybridized carbons (Fsp3) is 0.455. The van der Waals surface area contributed by atoms with E-state index in [0.29, 0.717) is 5.02 Å². The molecule has 0 spiro atoms. The number of aliphatic hydroxyl groups excluding tert-OH is 1. The van der Waals surface area contributed by atoms with Crippen LogP contribution in [0.3, 0.4) is 0 Å². The van der Waals surface area contributed by atoms with Crippen LogP contribution in [0.25, 0.3) is 0 Å². The molecule has 0 heterocycles. The zero-order valence-corrected chi connectivity index (χ0v) is 9.54. The van der Waals surface area contributed by atoms with Crippen molar-refractivity contribution in [3.8, 4) is 0 Å². The van der Waals surface area contributed by atoms with Crippen LogP contribution in [0.1, 0.15) is 12.5 Å². The van der Waals surface area contributed by atoms with E-state index in [4.69, 9.17) is 11.6 Å². The number of hydrogen-bond donors (Lipinski definition) is 1. The third kappa shape index (κ3) is 1.92. The van der Waals surface area contributed by atoms with Gasteiger partial charge in [-0.25, -0.2) is 0 Å². The summed E-state index contributed by atoms with van der Waals surface area (Å²) in [6.45, 7) is 2.01. The van der Waals surface area contributed by atoms with Crippen LogP contribution in [0.15, 0.2) is 24.3 Å². The summed E-state index contributed by atoms with van der Waals surface area (Å²) in [5, 5.41) is 10.1. The molecule has 1 N–H and O–H groups in total. The molecule has 0 aliphatic rings. The predicted octanol–water partition coefficient (Wildman–Crippen LogP) is 2.11. The Balaban J connectivity index is 3.19. The van der Waals surface area contributed by atoms with E-state index in [9.17, 15) is 5.11 Å². The second-order valence-electron chi connectivity index (χ2n) is 3.81. The van der Waals surface area contributed by atoms with Gasteiger partial charge in [0.15, 0.2) is 0 Å². The van der Waals surface area contributed by atoms with Crippen molar-refractivity contribution in [1.29, 1.82) is 0 Å². The van der Waals surface area contributed by atoms with Gasteiger partial charge in [0.25, 0.3) is 0 Å². The maximum Gasteiger partial charge on any atom is 0.0675 e. The molecule has 0 saturated heterocycles. The van der Waals surface area contributed by atoms with Gasteiger partial charge in [0.2, 0.25) is 0 Å². The fourth-order valence-electron chi connectivity index (χ4n) is 1.37. The third-order valence-electron chi connectivity index (χ3n) is 2.75. The first-order valence-corrected chi connectivity index (χ1v) is 4.93. The van der Waals surface area contributed by atoms with Crippen molar-refractivity contribution in [1.82, 2.24) is 4.90 Å². The summed E-state index contributed by atoms with van der Waals surface area (Å²) >= 11 is 6.09. The SMILES string of the molecule is CN(C)[C@@](C)(CO)c1ccccc1Cl. The van der Waals surface area contributed by atoms with Gasteiger partial charge in [-0.05, 0) is 32.6 Å². The molecule has 0 radical (unpaired) electrons. The molecule has 0 bridgehead atoms. The number of rotatable bonds is 3. The average Bonchev–Trinajstić information content (AvgIpc) is 2.17. The van der Waals surface area contributed by atoms with Gasteiger partial charge in [-0.15, -0.1) is 0 Å². The van der Waals surface area contributed by atoms with E-state index < -0.39 is 5.54 Å². The Bertz CT molecular complexity index is 314. The number of nitrogens with zero attached hydrogens (tertiary/aromatic N) is 1. The van der Waals surface area contributed by atoms with Crippen molar-refractivity contribution in [2.75, 3.05) is 20.7 Å². The minimum atomic E-state index is -0.418. The van der Waals surface area contributed by atoms with E-state index in [1.165, 1.54) is 0 Å². The van der Waals surface area contributed by atoms with Gasteiger partial charge in [0, 0.05) is 5.02 Å². The Labute approximate surface area is 90.1 Å². The first-order valence-electron chi connectivity index (χ1n) is 4.55. The standard InChI is InChI=1S/C11H16ClNO/c1-11(8-14,13(2)3)9-6-4-5-7-10(9)12/h4-7,14H,8H2,1-3H3/t11-/m0/s1. The summed E-state index contributed by atoms with van der Waals surface area (Å²) in [7, 11) is 3.86. The summed E-state index contributed by atoms with van der Waals surface area (Å²) < 4.78 is 0. The van der Waals surface area contributed by atoms with Crippen LogP contribution < -0.4 is 0 Å². The number of aliphatic hydroxyl groups is 1. The van der Waals surface area contributed by atoms with Crippen molar-refractivity contribution < 1.29 is 5.11 Å². The molecule has 1 atom stereocenters. The van der Waals surface area contributed by atoms with Crippen LogP contribution >= 0.6 is 11.6 Å². The molecule has 0 unspecified atom stereocenters. The zero-order chi connectivity index (χ0) is 10.8. The molecule has 2 nitrogen and oxygen atoms in total. The Kier molecular flexibility index (Phi) is 3.53. The number of halogens is 1. The van der Waals surface area contributed by atoms with Crippen molar-refractivity contribution in [3.63, 3.8) is 0 Å². The topological polar surface area (TPSA) is 23.5 Å². The zero-order valence-electron chi connectivity index (χ0n) is 8.79. The van der Waals surface area contributed by atoms with Crippen LogP contribution in [0.2, 0.25) is 5.02 Å². The third-order valence-corrected chi connectivity index (χ3v) is 3.08. The maximum atomic E-state index is 9.43. The van der Waals surface area contributed by atoms with Crippen LogP contribution in [0, 0.1) is 0 Å². The van der Waals surface area contributed by atoms with Gasteiger partial charge in [0.05, 0.1) is 12.1 Å². The molecular formula is C11H16ClNO. The number of hydrogen-bond acceptors (Lipinski definition) is 2. The Morgan fingerprint density at radius 2 is 1.93 bits per heavy atom. The van der Waals surface area contributed by atoms with Crippen molar-refractivity contribution in [2.45, 2.75) is 12.5 Å². The first-order chi connectivity index (χ1) is 6.52. The van der Waals surface area contributed by atoms with Gasteiger partial charge in [0.1, 0.15) is 0 Å². The molecule has 0 saturated carbocycles. The molecule has 0 aliphatic heterocycles. The maximum absolute atomic E-state index is 9.43. The lowest BCUT2D eigenvalue weighted by molar-refractivity contribution is 0.0827. The van der Waals surface area contributed by atoms with E-state index in [1.54, 1.807) is 0 Å². The van der Waals surface area contributed by atoms with Crippen LogP contribution in [0.5, 0.6) is 0 Å². The predicted molar refractivity (Wildman–Crippen MR) is 59.6 cm³/mol. The second-order valence-corrected chi connectivity index (χ2v) is 4.21. The van der Waals surface area contributed by atoms with Crippen LogP contribution in [0.4, 0.5) is 0 Å². The molecule has 78 valence electrons.